The molecule has 1 aliphatic carbocycles. The number of carbonyl (C=O) groups excluding carboxylic acids is 2. The monoisotopic (exact) mass is 444 g/mol. The predicted molar refractivity (Wildman–Crippen MR) is 130 cm³/mol. The van der Waals surface area contributed by atoms with Gasteiger partial charge in [-0.25, -0.2) is 0 Å². The number of amides is 2. The third-order valence-electron chi connectivity index (χ3n) is 6.40. The number of nitrogens with zero attached hydrogens (tertiary/aromatic N) is 2. The van der Waals surface area contributed by atoms with Crippen LogP contribution in [-0.2, 0) is 29.1 Å². The van der Waals surface area contributed by atoms with E-state index in [-0.39, 0.29) is 17.7 Å². The Morgan fingerprint density at radius 1 is 0.939 bits per heavy atom. The normalized spacial score (nSPS) is 13.8. The van der Waals surface area contributed by atoms with Crippen LogP contribution in [0.4, 0.5) is 5.69 Å². The Labute approximate surface area is 196 Å². The maximum atomic E-state index is 13.4. The van der Waals surface area contributed by atoms with Crippen molar-refractivity contribution in [2.24, 2.45) is 5.92 Å². The highest BCUT2D eigenvalue weighted by atomic mass is 16.3. The molecule has 1 aliphatic rings. The van der Waals surface area contributed by atoms with E-state index in [2.05, 4.69) is 25.1 Å². The van der Waals surface area contributed by atoms with Crippen LogP contribution in [0.2, 0.25) is 0 Å². The molecule has 33 heavy (non-hydrogen) atoms. The summed E-state index contributed by atoms with van der Waals surface area (Å²) in [5.41, 5.74) is 4.13. The third kappa shape index (κ3) is 5.92. The average Bonchev–Trinajstić information content (AvgIpc) is 3.52. The lowest BCUT2D eigenvalue weighted by molar-refractivity contribution is -0.130. The number of hydrogen-bond acceptors (Lipinski definition) is 3. The molecule has 0 aliphatic heterocycles. The number of rotatable bonds is 8. The summed E-state index contributed by atoms with van der Waals surface area (Å²) in [7, 11) is 1.78. The highest BCUT2D eigenvalue weighted by Gasteiger charge is 2.28. The lowest BCUT2D eigenvalue weighted by Crippen LogP contribution is -2.35. The van der Waals surface area contributed by atoms with Gasteiger partial charge in [-0.15, -0.1) is 0 Å². The van der Waals surface area contributed by atoms with Crippen molar-refractivity contribution in [1.82, 2.24) is 4.90 Å². The number of furan rings is 1. The van der Waals surface area contributed by atoms with Crippen molar-refractivity contribution in [1.29, 1.82) is 0 Å². The number of anilines is 1. The summed E-state index contributed by atoms with van der Waals surface area (Å²) < 4.78 is 5.34. The van der Waals surface area contributed by atoms with Crippen molar-refractivity contribution in [2.45, 2.75) is 52.1 Å². The zero-order valence-electron chi connectivity index (χ0n) is 19.5. The van der Waals surface area contributed by atoms with Crippen molar-refractivity contribution in [3.63, 3.8) is 0 Å². The Kier molecular flexibility index (Phi) is 7.28. The van der Waals surface area contributed by atoms with Crippen molar-refractivity contribution >= 4 is 17.5 Å². The molecule has 5 heteroatoms. The van der Waals surface area contributed by atoms with Crippen LogP contribution in [0.25, 0.3) is 0 Å². The number of likely N-dealkylation sites (N-methyl/N-ethyl adjacent to an activating group) is 1. The van der Waals surface area contributed by atoms with Crippen LogP contribution < -0.4 is 4.90 Å². The van der Waals surface area contributed by atoms with Gasteiger partial charge in [-0.2, -0.15) is 0 Å². The molecule has 1 aromatic heterocycles. The van der Waals surface area contributed by atoms with E-state index >= 15 is 0 Å². The lowest BCUT2D eigenvalue weighted by Gasteiger charge is -2.26. The first-order valence-corrected chi connectivity index (χ1v) is 11.7. The summed E-state index contributed by atoms with van der Waals surface area (Å²) in [6.07, 6.45) is 6.12. The van der Waals surface area contributed by atoms with Crippen LogP contribution in [-0.4, -0.2) is 23.8 Å². The van der Waals surface area contributed by atoms with Gasteiger partial charge in [0.05, 0.1) is 25.8 Å². The molecule has 4 rings (SSSR count). The summed E-state index contributed by atoms with van der Waals surface area (Å²) in [5.74, 6) is 1.10. The van der Waals surface area contributed by atoms with Crippen LogP contribution in [0.15, 0.2) is 71.3 Å². The molecule has 172 valence electrons. The van der Waals surface area contributed by atoms with Gasteiger partial charge in [0.15, 0.2) is 0 Å². The number of benzene rings is 2. The minimum Gasteiger partial charge on any atom is -0.467 e. The van der Waals surface area contributed by atoms with E-state index in [0.717, 1.165) is 48.3 Å². The summed E-state index contributed by atoms with van der Waals surface area (Å²) in [6.45, 7) is 3.08. The molecule has 0 N–H and O–H groups in total. The van der Waals surface area contributed by atoms with Crippen molar-refractivity contribution in [3.05, 3.63) is 89.4 Å². The first-order valence-electron chi connectivity index (χ1n) is 11.7. The van der Waals surface area contributed by atoms with Gasteiger partial charge in [0, 0.05) is 18.7 Å². The van der Waals surface area contributed by atoms with Crippen LogP contribution in [0, 0.1) is 12.8 Å². The molecule has 3 aromatic rings. The summed E-state index contributed by atoms with van der Waals surface area (Å²) in [5, 5.41) is 0. The predicted octanol–water partition coefficient (Wildman–Crippen LogP) is 5.51. The van der Waals surface area contributed by atoms with Gasteiger partial charge in [-0.3, -0.25) is 9.59 Å². The van der Waals surface area contributed by atoms with E-state index in [1.54, 1.807) is 18.2 Å². The van der Waals surface area contributed by atoms with Gasteiger partial charge >= 0.3 is 0 Å². The fourth-order valence-electron chi connectivity index (χ4n) is 4.51. The van der Waals surface area contributed by atoms with E-state index in [4.69, 9.17) is 4.42 Å². The van der Waals surface area contributed by atoms with E-state index in [1.807, 2.05) is 47.4 Å². The van der Waals surface area contributed by atoms with E-state index < -0.39 is 0 Å². The summed E-state index contributed by atoms with van der Waals surface area (Å²) in [6, 6.07) is 19.9. The molecule has 0 spiro atoms. The van der Waals surface area contributed by atoms with Gasteiger partial charge < -0.3 is 14.2 Å². The fraction of sp³-hybridized carbons (Fsp3) is 0.357. The first kappa shape index (κ1) is 22.8. The Morgan fingerprint density at radius 3 is 2.36 bits per heavy atom. The van der Waals surface area contributed by atoms with E-state index in [1.165, 1.54) is 5.56 Å². The van der Waals surface area contributed by atoms with E-state index in [0.29, 0.717) is 19.5 Å². The maximum Gasteiger partial charge on any atom is 0.230 e. The van der Waals surface area contributed by atoms with Crippen molar-refractivity contribution in [3.8, 4) is 0 Å². The lowest BCUT2D eigenvalue weighted by atomic mass is 10.0. The van der Waals surface area contributed by atoms with Crippen LogP contribution >= 0.6 is 0 Å². The molecular weight excluding hydrogens is 412 g/mol. The Morgan fingerprint density at radius 2 is 1.70 bits per heavy atom. The zero-order valence-corrected chi connectivity index (χ0v) is 19.5. The summed E-state index contributed by atoms with van der Waals surface area (Å²) in [4.78, 5) is 29.6. The SMILES string of the molecule is Cc1cccc(CN(C(=O)C2CCCC2)c2ccc(CC(=O)N(C)Cc3ccco3)cc2)c1. The second-order valence-corrected chi connectivity index (χ2v) is 9.07. The summed E-state index contributed by atoms with van der Waals surface area (Å²) >= 11 is 0. The minimum atomic E-state index is 0.0257. The smallest absolute Gasteiger partial charge is 0.230 e. The van der Waals surface area contributed by atoms with E-state index in [9.17, 15) is 9.59 Å². The van der Waals surface area contributed by atoms with Crippen LogP contribution in [0.5, 0.6) is 0 Å². The Hall–Kier alpha value is -3.34. The largest absolute Gasteiger partial charge is 0.467 e. The topological polar surface area (TPSA) is 53.8 Å². The van der Waals surface area contributed by atoms with Crippen LogP contribution in [0.3, 0.4) is 0 Å². The average molecular weight is 445 g/mol. The fourth-order valence-corrected chi connectivity index (χ4v) is 4.51. The van der Waals surface area contributed by atoms with Gasteiger partial charge in [0.1, 0.15) is 5.76 Å². The van der Waals surface area contributed by atoms with Crippen molar-refractivity contribution in [2.75, 3.05) is 11.9 Å². The number of hydrogen-bond donors (Lipinski definition) is 0. The standard InChI is InChI=1S/C28H32N2O3/c1-21-7-5-8-23(17-21)19-30(28(32)24-9-3-4-10-24)25-14-12-22(13-15-25)18-27(31)29(2)20-26-11-6-16-33-26/h5-8,11-17,24H,3-4,9-10,18-20H2,1-2H3. The second kappa shape index (κ2) is 10.5. The molecule has 0 saturated heterocycles. The molecule has 2 amide bonds. The molecule has 0 radical (unpaired) electrons. The van der Waals surface area contributed by atoms with Gasteiger partial charge in [-0.1, -0.05) is 54.8 Å². The Balaban J connectivity index is 1.47. The minimum absolute atomic E-state index is 0.0257. The van der Waals surface area contributed by atoms with Gasteiger partial charge in [0.2, 0.25) is 11.8 Å². The van der Waals surface area contributed by atoms with Gasteiger partial charge in [-0.05, 0) is 55.2 Å². The molecule has 0 bridgehead atoms. The second-order valence-electron chi connectivity index (χ2n) is 9.07. The first-order chi connectivity index (χ1) is 16.0. The van der Waals surface area contributed by atoms with Crippen molar-refractivity contribution < 1.29 is 14.0 Å². The molecule has 0 atom stereocenters. The molecule has 1 heterocycles. The third-order valence-corrected chi connectivity index (χ3v) is 6.40. The number of carbonyl (C=O) groups is 2. The molecule has 0 unspecified atom stereocenters. The Bertz CT molecular complexity index is 1070. The quantitative estimate of drug-likeness (QED) is 0.460. The molecule has 5 nitrogen and oxygen atoms in total. The molecule has 2 aromatic carbocycles. The molecule has 1 saturated carbocycles. The number of aryl methyl sites for hydroxylation is 1. The highest BCUT2D eigenvalue weighted by Crippen LogP contribution is 2.30. The molecular formula is C28H32N2O3. The maximum absolute atomic E-state index is 13.4. The van der Waals surface area contributed by atoms with Crippen LogP contribution in [0.1, 0.15) is 48.1 Å². The highest BCUT2D eigenvalue weighted by molar-refractivity contribution is 5.95. The zero-order chi connectivity index (χ0) is 23.2. The van der Waals surface area contributed by atoms with Gasteiger partial charge in [0.25, 0.3) is 0 Å². The molecule has 1 fully saturated rings.